The predicted molar refractivity (Wildman–Crippen MR) is 162 cm³/mol. The molecule has 0 N–H and O–H groups in total. The van der Waals surface area contributed by atoms with Crippen LogP contribution < -0.4 is 10.4 Å². The molecule has 40 heavy (non-hydrogen) atoms. The van der Waals surface area contributed by atoms with Gasteiger partial charge in [0.2, 0.25) is 11.6 Å². The Balaban J connectivity index is 1.33. The molecule has 3 rings (SSSR count). The first-order valence-corrected chi connectivity index (χ1v) is 15.4. The van der Waals surface area contributed by atoms with Gasteiger partial charge in [0.15, 0.2) is 0 Å². The summed E-state index contributed by atoms with van der Waals surface area (Å²) in [7, 11) is 0. The molecule has 0 saturated carbocycles. The van der Waals surface area contributed by atoms with Gasteiger partial charge in [0.25, 0.3) is 0 Å². The molecule has 6 nitrogen and oxygen atoms in total. The van der Waals surface area contributed by atoms with Gasteiger partial charge in [-0.3, -0.25) is 4.79 Å². The Morgan fingerprint density at radius 1 is 0.850 bits per heavy atom. The number of nitrogens with zero attached hydrogens (tertiary/aromatic N) is 1. The van der Waals surface area contributed by atoms with Crippen molar-refractivity contribution < 1.29 is 18.7 Å². The van der Waals surface area contributed by atoms with E-state index in [4.69, 9.17) is 13.9 Å². The van der Waals surface area contributed by atoms with Gasteiger partial charge in [-0.1, -0.05) is 96.4 Å². The number of hydrogen-bond donors (Lipinski definition) is 0. The SMILES string of the molecule is CCCCCc1ccc(-c2cc3ccc(OCCCCCCCCCCOC(=O)C(C)CC)nc3oc2=O)cc1. The van der Waals surface area contributed by atoms with E-state index in [1.807, 2.05) is 44.2 Å². The first-order valence-electron chi connectivity index (χ1n) is 15.4. The minimum atomic E-state index is -0.386. The molecule has 1 unspecified atom stereocenters. The molecule has 0 fully saturated rings. The highest BCUT2D eigenvalue weighted by Gasteiger charge is 2.12. The molecular formula is C34H47NO5. The second-order valence-corrected chi connectivity index (χ2v) is 10.8. The monoisotopic (exact) mass is 549 g/mol. The summed E-state index contributed by atoms with van der Waals surface area (Å²) in [6, 6.07) is 13.8. The highest BCUT2D eigenvalue weighted by Crippen LogP contribution is 2.23. The van der Waals surface area contributed by atoms with Crippen molar-refractivity contribution in [1.29, 1.82) is 0 Å². The van der Waals surface area contributed by atoms with Gasteiger partial charge in [-0.25, -0.2) is 4.79 Å². The summed E-state index contributed by atoms with van der Waals surface area (Å²) in [5.74, 6) is 0.411. The predicted octanol–water partition coefficient (Wildman–Crippen LogP) is 8.68. The number of ether oxygens (including phenoxy) is 2. The van der Waals surface area contributed by atoms with Gasteiger partial charge in [0.05, 0.1) is 24.7 Å². The summed E-state index contributed by atoms with van der Waals surface area (Å²) >= 11 is 0. The molecule has 2 heterocycles. The van der Waals surface area contributed by atoms with Crippen LogP contribution in [0, 0.1) is 5.92 Å². The molecule has 0 spiro atoms. The fraction of sp³-hybridized carbons (Fsp3) is 0.559. The van der Waals surface area contributed by atoms with Crippen LogP contribution in [-0.2, 0) is 16.0 Å². The van der Waals surface area contributed by atoms with Crippen LogP contribution in [-0.4, -0.2) is 24.2 Å². The number of aryl methyl sites for hydroxylation is 1. The van der Waals surface area contributed by atoms with E-state index in [0.717, 1.165) is 49.5 Å². The van der Waals surface area contributed by atoms with Crippen LogP contribution >= 0.6 is 0 Å². The van der Waals surface area contributed by atoms with Crippen molar-refractivity contribution in [2.24, 2.45) is 5.92 Å². The van der Waals surface area contributed by atoms with E-state index in [2.05, 4.69) is 24.0 Å². The summed E-state index contributed by atoms with van der Waals surface area (Å²) in [5, 5.41) is 0.780. The molecule has 0 bridgehead atoms. The Morgan fingerprint density at radius 3 is 2.20 bits per heavy atom. The highest BCUT2D eigenvalue weighted by molar-refractivity contribution is 5.79. The molecule has 3 aromatic rings. The van der Waals surface area contributed by atoms with E-state index in [0.29, 0.717) is 30.4 Å². The summed E-state index contributed by atoms with van der Waals surface area (Å²) in [4.78, 5) is 28.8. The molecule has 218 valence electrons. The summed E-state index contributed by atoms with van der Waals surface area (Å²) in [6.45, 7) is 7.25. The number of fused-ring (bicyclic) bond motifs is 1. The van der Waals surface area contributed by atoms with Crippen LogP contribution in [0.1, 0.15) is 103 Å². The van der Waals surface area contributed by atoms with Crippen LogP contribution in [0.3, 0.4) is 0 Å². The maximum atomic E-state index is 12.7. The van der Waals surface area contributed by atoms with Gasteiger partial charge in [-0.15, -0.1) is 0 Å². The van der Waals surface area contributed by atoms with E-state index < -0.39 is 0 Å². The third-order valence-corrected chi connectivity index (χ3v) is 7.45. The Hall–Kier alpha value is -3.15. The van der Waals surface area contributed by atoms with Crippen molar-refractivity contribution in [3.63, 3.8) is 0 Å². The van der Waals surface area contributed by atoms with E-state index in [1.54, 1.807) is 0 Å². The van der Waals surface area contributed by atoms with E-state index >= 15 is 0 Å². The summed E-state index contributed by atoms with van der Waals surface area (Å²) in [6.07, 6.45) is 14.4. The van der Waals surface area contributed by atoms with Crippen molar-refractivity contribution in [2.45, 2.75) is 104 Å². The smallest absolute Gasteiger partial charge is 0.345 e. The Bertz CT molecular complexity index is 1220. The first-order chi connectivity index (χ1) is 19.5. The lowest BCUT2D eigenvalue weighted by Gasteiger charge is -2.09. The fourth-order valence-corrected chi connectivity index (χ4v) is 4.62. The van der Waals surface area contributed by atoms with Crippen LogP contribution in [0.25, 0.3) is 22.2 Å². The van der Waals surface area contributed by atoms with Crippen LogP contribution in [0.5, 0.6) is 5.88 Å². The molecule has 2 aromatic heterocycles. The molecule has 0 aliphatic carbocycles. The third kappa shape index (κ3) is 10.4. The molecule has 6 heteroatoms. The average molecular weight is 550 g/mol. The number of rotatable bonds is 19. The highest BCUT2D eigenvalue weighted by atomic mass is 16.5. The zero-order valence-electron chi connectivity index (χ0n) is 24.7. The molecule has 0 aliphatic rings. The first kappa shape index (κ1) is 31.4. The largest absolute Gasteiger partial charge is 0.478 e. The minimum Gasteiger partial charge on any atom is -0.478 e. The lowest BCUT2D eigenvalue weighted by molar-refractivity contribution is -0.148. The molecule has 0 saturated heterocycles. The average Bonchev–Trinajstić information content (AvgIpc) is 2.97. The normalized spacial score (nSPS) is 12.0. The molecular weight excluding hydrogens is 502 g/mol. The van der Waals surface area contributed by atoms with E-state index in [1.165, 1.54) is 50.5 Å². The van der Waals surface area contributed by atoms with Crippen molar-refractivity contribution in [3.05, 3.63) is 58.4 Å². The third-order valence-electron chi connectivity index (χ3n) is 7.45. The van der Waals surface area contributed by atoms with Gasteiger partial charge < -0.3 is 13.9 Å². The number of esters is 1. The zero-order chi connectivity index (χ0) is 28.6. The number of carbonyl (C=O) groups excluding carboxylic acids is 1. The van der Waals surface area contributed by atoms with Gasteiger partial charge in [-0.05, 0) is 55.4 Å². The number of hydrogen-bond acceptors (Lipinski definition) is 6. The quantitative estimate of drug-likeness (QED) is 0.110. The standard InChI is InChI=1S/C34H47NO5/c1-4-6-13-16-27-17-19-28(20-18-27)30-25-29-21-22-31(35-32(29)40-34(30)37)38-23-14-11-9-7-8-10-12-15-24-39-33(36)26(3)5-2/h17-22,25-26H,4-16,23-24H2,1-3H3. The molecule has 0 amide bonds. The number of unbranched alkanes of at least 4 members (excludes halogenated alkanes) is 9. The number of benzene rings is 1. The Labute approximate surface area is 239 Å². The van der Waals surface area contributed by atoms with Gasteiger partial charge >= 0.3 is 11.6 Å². The Morgan fingerprint density at radius 2 is 1.52 bits per heavy atom. The van der Waals surface area contributed by atoms with Crippen LogP contribution in [0.15, 0.2) is 51.7 Å². The number of carbonyl (C=O) groups is 1. The maximum Gasteiger partial charge on any atom is 0.345 e. The van der Waals surface area contributed by atoms with Crippen molar-refractivity contribution in [1.82, 2.24) is 4.98 Å². The second kappa shape index (κ2) is 17.5. The second-order valence-electron chi connectivity index (χ2n) is 10.8. The van der Waals surface area contributed by atoms with Gasteiger partial charge in [-0.2, -0.15) is 4.98 Å². The van der Waals surface area contributed by atoms with Crippen molar-refractivity contribution >= 4 is 17.1 Å². The number of pyridine rings is 1. The van der Waals surface area contributed by atoms with Crippen LogP contribution in [0.4, 0.5) is 0 Å². The molecule has 1 atom stereocenters. The fourth-order valence-electron chi connectivity index (χ4n) is 4.62. The van der Waals surface area contributed by atoms with Crippen molar-refractivity contribution in [3.8, 4) is 17.0 Å². The topological polar surface area (TPSA) is 78.6 Å². The summed E-state index contributed by atoms with van der Waals surface area (Å²) < 4.78 is 16.7. The lowest BCUT2D eigenvalue weighted by atomic mass is 10.0. The summed E-state index contributed by atoms with van der Waals surface area (Å²) in [5.41, 5.74) is 2.62. The molecule has 0 aliphatic heterocycles. The Kier molecular flexibility index (Phi) is 13.7. The van der Waals surface area contributed by atoms with Crippen LogP contribution in [0.2, 0.25) is 0 Å². The maximum absolute atomic E-state index is 12.7. The molecule has 1 aromatic carbocycles. The lowest BCUT2D eigenvalue weighted by Crippen LogP contribution is -2.14. The van der Waals surface area contributed by atoms with E-state index in [-0.39, 0.29) is 17.5 Å². The minimum absolute atomic E-state index is 0.00330. The van der Waals surface area contributed by atoms with Gasteiger partial charge in [0, 0.05) is 11.5 Å². The van der Waals surface area contributed by atoms with E-state index in [9.17, 15) is 9.59 Å². The zero-order valence-corrected chi connectivity index (χ0v) is 24.7. The number of aromatic nitrogens is 1. The van der Waals surface area contributed by atoms with Gasteiger partial charge in [0.1, 0.15) is 0 Å². The van der Waals surface area contributed by atoms with Crippen molar-refractivity contribution in [2.75, 3.05) is 13.2 Å². The molecule has 0 radical (unpaired) electrons.